The zero-order chi connectivity index (χ0) is 19.8. The third kappa shape index (κ3) is 3.75. The van der Waals surface area contributed by atoms with Crippen molar-refractivity contribution in [2.75, 3.05) is 11.5 Å². The van der Waals surface area contributed by atoms with Gasteiger partial charge in [0.2, 0.25) is 0 Å². The molecule has 1 aliphatic rings. The molecule has 3 aromatic rings. The first-order valence-corrected chi connectivity index (χ1v) is 10.9. The highest BCUT2D eigenvalue weighted by atomic mass is 32.2. The van der Waals surface area contributed by atoms with Crippen molar-refractivity contribution in [1.29, 1.82) is 0 Å². The number of ether oxygens (including phenoxy) is 1. The van der Waals surface area contributed by atoms with Crippen molar-refractivity contribution in [3.05, 3.63) is 65.9 Å². The molecule has 1 saturated heterocycles. The van der Waals surface area contributed by atoms with Gasteiger partial charge in [-0.15, -0.1) is 0 Å². The van der Waals surface area contributed by atoms with Crippen LogP contribution in [0.4, 0.5) is 0 Å². The zero-order valence-electron chi connectivity index (χ0n) is 15.5. The van der Waals surface area contributed by atoms with Gasteiger partial charge in [-0.05, 0) is 31.5 Å². The van der Waals surface area contributed by atoms with E-state index in [1.165, 1.54) is 0 Å². The molecule has 0 bridgehead atoms. The predicted molar refractivity (Wildman–Crippen MR) is 106 cm³/mol. The lowest BCUT2D eigenvalue weighted by Crippen LogP contribution is -2.47. The number of benzene rings is 2. The van der Waals surface area contributed by atoms with Crippen LogP contribution in [0.5, 0.6) is 5.75 Å². The Labute approximate surface area is 163 Å². The normalized spacial score (nSPS) is 20.9. The number of rotatable bonds is 5. The Morgan fingerprint density at radius 1 is 1.14 bits per heavy atom. The molecule has 2 heterocycles. The number of carbonyl (C=O) groups excluding carboxylic acids is 1. The number of hydrogen-bond donors (Lipinski definition) is 1. The Hall–Kier alpha value is -2.80. The van der Waals surface area contributed by atoms with Crippen LogP contribution in [0.15, 0.2) is 59.0 Å². The van der Waals surface area contributed by atoms with Crippen LogP contribution in [0.1, 0.15) is 29.5 Å². The zero-order valence-corrected chi connectivity index (χ0v) is 16.3. The number of carbonyl (C=O) groups is 1. The first-order chi connectivity index (χ1) is 13.4. The van der Waals surface area contributed by atoms with Gasteiger partial charge in [0.1, 0.15) is 17.9 Å². The van der Waals surface area contributed by atoms with Crippen LogP contribution in [0.3, 0.4) is 0 Å². The average Bonchev–Trinajstić information content (AvgIpc) is 3.17. The number of nitrogens with one attached hydrogen (secondary N) is 1. The molecule has 28 heavy (non-hydrogen) atoms. The summed E-state index contributed by atoms with van der Waals surface area (Å²) in [6.07, 6.45) is 0.386. The molecule has 6 nitrogen and oxygen atoms in total. The number of furan rings is 1. The van der Waals surface area contributed by atoms with Gasteiger partial charge >= 0.3 is 0 Å². The van der Waals surface area contributed by atoms with E-state index in [-0.39, 0.29) is 23.9 Å². The molecule has 146 valence electrons. The fourth-order valence-corrected chi connectivity index (χ4v) is 5.63. The van der Waals surface area contributed by atoms with Crippen molar-refractivity contribution in [1.82, 2.24) is 5.32 Å². The molecule has 1 N–H and O–H groups in total. The lowest BCUT2D eigenvalue weighted by molar-refractivity contribution is 0.0885. The summed E-state index contributed by atoms with van der Waals surface area (Å²) in [6, 6.07) is 16.7. The second-order valence-corrected chi connectivity index (χ2v) is 9.55. The Morgan fingerprint density at radius 3 is 2.57 bits per heavy atom. The summed E-state index contributed by atoms with van der Waals surface area (Å²) < 4.78 is 35.3. The number of amides is 1. The molecule has 0 saturated carbocycles. The minimum absolute atomic E-state index is 0.0676. The smallest absolute Gasteiger partial charge is 0.287 e. The monoisotopic (exact) mass is 399 g/mol. The summed E-state index contributed by atoms with van der Waals surface area (Å²) in [6.45, 7) is 1.91. The van der Waals surface area contributed by atoms with Gasteiger partial charge < -0.3 is 14.5 Å². The van der Waals surface area contributed by atoms with Crippen LogP contribution in [-0.4, -0.2) is 31.4 Å². The van der Waals surface area contributed by atoms with Crippen LogP contribution in [0.2, 0.25) is 0 Å². The van der Waals surface area contributed by atoms with Crippen molar-refractivity contribution in [2.24, 2.45) is 0 Å². The molecule has 4 rings (SSSR count). The van der Waals surface area contributed by atoms with E-state index < -0.39 is 21.3 Å². The molecule has 1 atom stereocenters. The van der Waals surface area contributed by atoms with Gasteiger partial charge in [-0.3, -0.25) is 4.79 Å². The summed E-state index contributed by atoms with van der Waals surface area (Å²) in [5.41, 5.74) is 0.428. The predicted octanol–water partition coefficient (Wildman–Crippen LogP) is 3.32. The number of para-hydroxylation sites is 2. The Bertz CT molecular complexity index is 1120. The fourth-order valence-electron chi connectivity index (χ4n) is 3.54. The number of hydrogen-bond acceptors (Lipinski definition) is 5. The van der Waals surface area contributed by atoms with Gasteiger partial charge in [0.05, 0.1) is 17.0 Å². The van der Waals surface area contributed by atoms with E-state index >= 15 is 0 Å². The summed E-state index contributed by atoms with van der Waals surface area (Å²) in [4.78, 5) is 13.0. The Balaban J connectivity index is 1.63. The standard InChI is InChI=1S/C21H21NO5S/c1-21(11-12-28(24,25)14-21)22-20(23)19-17(13-26-15-7-3-2-4-8-15)16-9-5-6-10-18(16)27-19/h2-10H,11-14H2,1H3,(H,22,23). The SMILES string of the molecule is CC1(NC(=O)c2oc3ccccc3c2COc2ccccc2)CCS(=O)(=O)C1. The van der Waals surface area contributed by atoms with Crippen LogP contribution < -0.4 is 10.1 Å². The molecule has 1 amide bonds. The van der Waals surface area contributed by atoms with E-state index in [4.69, 9.17) is 9.15 Å². The third-order valence-corrected chi connectivity index (χ3v) is 6.85. The molecule has 1 aliphatic heterocycles. The first-order valence-electron chi connectivity index (χ1n) is 9.06. The van der Waals surface area contributed by atoms with E-state index in [1.807, 2.05) is 48.5 Å². The molecule has 1 fully saturated rings. The summed E-state index contributed by atoms with van der Waals surface area (Å²) >= 11 is 0. The molecular weight excluding hydrogens is 378 g/mol. The van der Waals surface area contributed by atoms with Gasteiger partial charge in [0, 0.05) is 10.9 Å². The highest BCUT2D eigenvalue weighted by molar-refractivity contribution is 7.91. The van der Waals surface area contributed by atoms with Crippen LogP contribution in [0.25, 0.3) is 11.0 Å². The summed E-state index contributed by atoms with van der Waals surface area (Å²) in [7, 11) is -3.13. The van der Waals surface area contributed by atoms with Gasteiger partial charge in [-0.1, -0.05) is 36.4 Å². The minimum atomic E-state index is -3.13. The molecule has 2 aromatic carbocycles. The number of fused-ring (bicyclic) bond motifs is 1. The summed E-state index contributed by atoms with van der Waals surface area (Å²) in [5, 5.41) is 3.66. The topological polar surface area (TPSA) is 85.6 Å². The van der Waals surface area contributed by atoms with Gasteiger partial charge in [0.15, 0.2) is 15.6 Å². The molecule has 7 heteroatoms. The van der Waals surface area contributed by atoms with Crippen molar-refractivity contribution in [3.8, 4) is 5.75 Å². The van der Waals surface area contributed by atoms with E-state index in [0.717, 1.165) is 5.39 Å². The minimum Gasteiger partial charge on any atom is -0.489 e. The van der Waals surface area contributed by atoms with Crippen LogP contribution >= 0.6 is 0 Å². The van der Waals surface area contributed by atoms with Gasteiger partial charge in [-0.25, -0.2) is 8.42 Å². The first kappa shape index (κ1) is 18.6. The maximum atomic E-state index is 13.0. The summed E-state index contributed by atoms with van der Waals surface area (Å²) in [5.74, 6) is 0.425. The van der Waals surface area contributed by atoms with Crippen molar-refractivity contribution in [3.63, 3.8) is 0 Å². The van der Waals surface area contributed by atoms with E-state index in [2.05, 4.69) is 5.32 Å². The lowest BCUT2D eigenvalue weighted by atomic mass is 10.0. The second kappa shape index (κ2) is 6.98. The van der Waals surface area contributed by atoms with E-state index in [9.17, 15) is 13.2 Å². The van der Waals surface area contributed by atoms with Crippen molar-refractivity contribution in [2.45, 2.75) is 25.5 Å². The van der Waals surface area contributed by atoms with E-state index in [0.29, 0.717) is 23.3 Å². The fraction of sp³-hybridized carbons (Fsp3) is 0.286. The maximum absolute atomic E-state index is 13.0. The van der Waals surface area contributed by atoms with Crippen LogP contribution in [-0.2, 0) is 16.4 Å². The molecule has 0 aliphatic carbocycles. The van der Waals surface area contributed by atoms with Crippen LogP contribution in [0, 0.1) is 0 Å². The molecule has 0 spiro atoms. The lowest BCUT2D eigenvalue weighted by Gasteiger charge is -2.23. The highest BCUT2D eigenvalue weighted by Gasteiger charge is 2.40. The van der Waals surface area contributed by atoms with Gasteiger partial charge in [0.25, 0.3) is 5.91 Å². The molecule has 1 unspecified atom stereocenters. The quantitative estimate of drug-likeness (QED) is 0.711. The van der Waals surface area contributed by atoms with Crippen molar-refractivity contribution < 1.29 is 22.4 Å². The highest BCUT2D eigenvalue weighted by Crippen LogP contribution is 2.29. The number of sulfone groups is 1. The van der Waals surface area contributed by atoms with Crippen molar-refractivity contribution >= 4 is 26.7 Å². The van der Waals surface area contributed by atoms with E-state index in [1.54, 1.807) is 13.0 Å². The largest absolute Gasteiger partial charge is 0.489 e. The second-order valence-electron chi connectivity index (χ2n) is 7.36. The maximum Gasteiger partial charge on any atom is 0.287 e. The molecule has 1 aromatic heterocycles. The third-order valence-electron chi connectivity index (χ3n) is 4.95. The Morgan fingerprint density at radius 2 is 1.86 bits per heavy atom. The molecular formula is C21H21NO5S. The van der Waals surface area contributed by atoms with Gasteiger partial charge in [-0.2, -0.15) is 0 Å². The average molecular weight is 399 g/mol. The Kier molecular flexibility index (Phi) is 4.63. The molecule has 0 radical (unpaired) electrons.